The van der Waals surface area contributed by atoms with Gasteiger partial charge in [0.1, 0.15) is 11.6 Å². The van der Waals surface area contributed by atoms with Crippen LogP contribution >= 0.6 is 0 Å². The Balaban J connectivity index is 0.000000514. The Bertz CT molecular complexity index is 1490. The third kappa shape index (κ3) is 5.09. The molecule has 4 aromatic rings. The van der Waals surface area contributed by atoms with E-state index in [1.807, 2.05) is 43.5 Å². The maximum absolute atomic E-state index is 11.8. The van der Waals surface area contributed by atoms with Crippen molar-refractivity contribution in [3.05, 3.63) is 59.3 Å². The van der Waals surface area contributed by atoms with Crippen LogP contribution in [0.2, 0.25) is 0 Å². The molecule has 0 amide bonds. The normalized spacial score (nSPS) is 14.6. The number of anilines is 1. The Morgan fingerprint density at radius 2 is 1.89 bits per heavy atom. The Morgan fingerprint density at radius 1 is 1.14 bits per heavy atom. The average Bonchev–Trinajstić information content (AvgIpc) is 2.78. The van der Waals surface area contributed by atoms with Gasteiger partial charge in [0.25, 0.3) is 0 Å². The van der Waals surface area contributed by atoms with E-state index in [-0.39, 0.29) is 6.42 Å². The Labute approximate surface area is 216 Å². The third-order valence-corrected chi connectivity index (χ3v) is 6.66. The standard InChI is InChI=1S/C26H23N3O3.C4H10O/c1-15-13-20-17(4-6-22(28-20)29-10-2-11-29)25(19(15)14-23(30)31)18-3-5-21-24-16(8-12-32-21)7-9-27-26(18)24;1-4(2,3)5/h3-7,9,13H,2,8,10-12,14H2,1H3,(H,30,31);5H,1-3H3. The number of pyridine rings is 2. The molecule has 192 valence electrons. The molecule has 0 aliphatic carbocycles. The van der Waals surface area contributed by atoms with E-state index in [1.54, 1.807) is 20.8 Å². The molecule has 2 aliphatic rings. The first-order valence-electron chi connectivity index (χ1n) is 12.8. The molecule has 2 N–H and O–H groups in total. The van der Waals surface area contributed by atoms with E-state index in [4.69, 9.17) is 19.8 Å². The summed E-state index contributed by atoms with van der Waals surface area (Å²) >= 11 is 0. The van der Waals surface area contributed by atoms with Crippen LogP contribution in [0.15, 0.2) is 42.6 Å². The summed E-state index contributed by atoms with van der Waals surface area (Å²) in [7, 11) is 0. The Kier molecular flexibility index (Phi) is 6.50. The van der Waals surface area contributed by atoms with E-state index in [2.05, 4.69) is 11.0 Å². The Morgan fingerprint density at radius 3 is 2.57 bits per heavy atom. The van der Waals surface area contributed by atoms with E-state index >= 15 is 0 Å². The lowest BCUT2D eigenvalue weighted by Crippen LogP contribution is -2.37. The number of nitrogens with zero attached hydrogens (tertiary/aromatic N) is 3. The topological polar surface area (TPSA) is 95.8 Å². The van der Waals surface area contributed by atoms with Gasteiger partial charge in [-0.2, -0.15) is 0 Å². The number of aryl methyl sites for hydroxylation is 1. The molecule has 0 unspecified atom stereocenters. The van der Waals surface area contributed by atoms with Crippen molar-refractivity contribution in [2.45, 2.75) is 52.6 Å². The van der Waals surface area contributed by atoms with Crippen LogP contribution in [-0.4, -0.2) is 51.4 Å². The number of benzene rings is 2. The molecule has 0 bridgehead atoms. The molecule has 0 saturated carbocycles. The molecule has 1 saturated heterocycles. The van der Waals surface area contributed by atoms with Crippen LogP contribution in [0, 0.1) is 6.92 Å². The number of rotatable bonds is 4. The number of carboxylic acid groups (broad SMARTS) is 1. The van der Waals surface area contributed by atoms with Crippen molar-refractivity contribution in [3.8, 4) is 16.9 Å². The first kappa shape index (κ1) is 25.0. The van der Waals surface area contributed by atoms with Gasteiger partial charge in [0, 0.05) is 42.0 Å². The number of carboxylic acids is 1. The number of aliphatic carboxylic acids is 1. The average molecular weight is 500 g/mol. The fourth-order valence-electron chi connectivity index (χ4n) is 4.95. The highest BCUT2D eigenvalue weighted by Gasteiger charge is 2.23. The first-order chi connectivity index (χ1) is 17.6. The molecule has 0 spiro atoms. The van der Waals surface area contributed by atoms with Crippen LogP contribution in [0.1, 0.15) is 43.9 Å². The first-order valence-corrected chi connectivity index (χ1v) is 12.8. The van der Waals surface area contributed by atoms with E-state index < -0.39 is 11.6 Å². The molecule has 2 aromatic heterocycles. The number of hydrogen-bond donors (Lipinski definition) is 2. The van der Waals surface area contributed by atoms with Crippen molar-refractivity contribution in [1.82, 2.24) is 9.97 Å². The fourth-order valence-corrected chi connectivity index (χ4v) is 4.95. The second-order valence-corrected chi connectivity index (χ2v) is 10.8. The zero-order chi connectivity index (χ0) is 26.3. The van der Waals surface area contributed by atoms with E-state index in [0.717, 1.165) is 75.1 Å². The van der Waals surface area contributed by atoms with Crippen molar-refractivity contribution < 1.29 is 19.7 Å². The Hall–Kier alpha value is -3.71. The molecule has 0 radical (unpaired) electrons. The number of aromatic nitrogens is 2. The van der Waals surface area contributed by atoms with E-state index in [1.165, 1.54) is 12.0 Å². The molecule has 37 heavy (non-hydrogen) atoms. The quantitative estimate of drug-likeness (QED) is 0.393. The molecular formula is C30H33N3O4. The molecule has 2 aliphatic heterocycles. The van der Waals surface area contributed by atoms with Gasteiger partial charge in [-0.15, -0.1) is 0 Å². The van der Waals surface area contributed by atoms with Crippen molar-refractivity contribution in [3.63, 3.8) is 0 Å². The molecule has 1 fully saturated rings. The highest BCUT2D eigenvalue weighted by atomic mass is 16.5. The lowest BCUT2D eigenvalue weighted by molar-refractivity contribution is -0.136. The lowest BCUT2D eigenvalue weighted by Gasteiger charge is -2.32. The largest absolute Gasteiger partial charge is 0.493 e. The van der Waals surface area contributed by atoms with Gasteiger partial charge in [-0.3, -0.25) is 9.78 Å². The summed E-state index contributed by atoms with van der Waals surface area (Å²) in [6, 6.07) is 12.2. The number of fused-ring (bicyclic) bond motifs is 1. The smallest absolute Gasteiger partial charge is 0.307 e. The highest BCUT2D eigenvalue weighted by Crippen LogP contribution is 2.42. The SMILES string of the molecule is CC(C)(C)O.Cc1cc2nc(N3CCC3)ccc2c(-c2ccc3c4c(ccnc24)CCO3)c1CC(=O)O. The van der Waals surface area contributed by atoms with Gasteiger partial charge in [-0.25, -0.2) is 4.98 Å². The maximum atomic E-state index is 11.8. The van der Waals surface area contributed by atoms with Crippen LogP contribution in [-0.2, 0) is 17.6 Å². The summed E-state index contributed by atoms with van der Waals surface area (Å²) in [6.45, 7) is 9.92. The van der Waals surface area contributed by atoms with Crippen LogP contribution in [0.25, 0.3) is 32.9 Å². The summed E-state index contributed by atoms with van der Waals surface area (Å²) in [5, 5.41) is 20.2. The van der Waals surface area contributed by atoms with Gasteiger partial charge in [-0.05, 0) is 92.8 Å². The highest BCUT2D eigenvalue weighted by molar-refractivity contribution is 6.08. The van der Waals surface area contributed by atoms with Crippen molar-refractivity contribution in [1.29, 1.82) is 0 Å². The van der Waals surface area contributed by atoms with Gasteiger partial charge in [0.2, 0.25) is 0 Å². The van der Waals surface area contributed by atoms with Crippen LogP contribution < -0.4 is 9.64 Å². The van der Waals surface area contributed by atoms with Crippen LogP contribution in [0.3, 0.4) is 0 Å². The van der Waals surface area contributed by atoms with Crippen LogP contribution in [0.4, 0.5) is 5.82 Å². The zero-order valence-corrected chi connectivity index (χ0v) is 21.8. The number of ether oxygens (including phenoxy) is 1. The van der Waals surface area contributed by atoms with Crippen molar-refractivity contribution >= 4 is 33.6 Å². The van der Waals surface area contributed by atoms with Gasteiger partial charge in [0.05, 0.1) is 29.7 Å². The van der Waals surface area contributed by atoms with Crippen molar-refractivity contribution in [2.24, 2.45) is 0 Å². The minimum Gasteiger partial charge on any atom is -0.493 e. The molecule has 7 nitrogen and oxygen atoms in total. The fraction of sp³-hybridized carbons (Fsp3) is 0.367. The molecule has 2 aromatic carbocycles. The predicted octanol–water partition coefficient (Wildman–Crippen LogP) is 5.31. The second-order valence-electron chi connectivity index (χ2n) is 10.8. The number of carbonyl (C=O) groups is 1. The molecule has 4 heterocycles. The van der Waals surface area contributed by atoms with E-state index in [9.17, 15) is 9.90 Å². The van der Waals surface area contributed by atoms with Gasteiger partial charge in [-0.1, -0.05) is 0 Å². The summed E-state index contributed by atoms with van der Waals surface area (Å²) in [4.78, 5) is 23.7. The molecular weight excluding hydrogens is 466 g/mol. The lowest BCUT2D eigenvalue weighted by atomic mass is 9.88. The molecule has 0 atom stereocenters. The van der Waals surface area contributed by atoms with Crippen molar-refractivity contribution in [2.75, 3.05) is 24.6 Å². The maximum Gasteiger partial charge on any atom is 0.307 e. The summed E-state index contributed by atoms with van der Waals surface area (Å²) in [5.74, 6) is 0.967. The van der Waals surface area contributed by atoms with Gasteiger partial charge < -0.3 is 19.8 Å². The third-order valence-electron chi connectivity index (χ3n) is 6.66. The molecule has 6 rings (SSSR count). The predicted molar refractivity (Wildman–Crippen MR) is 147 cm³/mol. The summed E-state index contributed by atoms with van der Waals surface area (Å²) < 4.78 is 5.90. The van der Waals surface area contributed by atoms with Gasteiger partial charge >= 0.3 is 5.97 Å². The number of hydrogen-bond acceptors (Lipinski definition) is 6. The summed E-state index contributed by atoms with van der Waals surface area (Å²) in [6.07, 6.45) is 3.82. The molecule has 7 heteroatoms. The number of aliphatic hydroxyl groups is 1. The van der Waals surface area contributed by atoms with Gasteiger partial charge in [0.15, 0.2) is 0 Å². The van der Waals surface area contributed by atoms with E-state index in [0.29, 0.717) is 6.61 Å². The minimum atomic E-state index is -0.849. The minimum absolute atomic E-state index is 0.0512. The monoisotopic (exact) mass is 499 g/mol. The second kappa shape index (κ2) is 9.63. The van der Waals surface area contributed by atoms with Crippen LogP contribution in [0.5, 0.6) is 5.75 Å². The zero-order valence-electron chi connectivity index (χ0n) is 21.8. The summed E-state index contributed by atoms with van der Waals surface area (Å²) in [5.41, 5.74) is 6.03.